The molecule has 0 bridgehead atoms. The second-order valence-electron chi connectivity index (χ2n) is 3.52. The zero-order chi connectivity index (χ0) is 9.68. The van der Waals surface area contributed by atoms with E-state index in [0.29, 0.717) is 18.5 Å². The topological polar surface area (TPSA) is 47.6 Å². The zero-order valence-corrected chi connectivity index (χ0v) is 8.62. The summed E-state index contributed by atoms with van der Waals surface area (Å²) >= 11 is 0. The predicted molar refractivity (Wildman–Crippen MR) is 55.0 cm³/mol. The highest BCUT2D eigenvalue weighted by Gasteiger charge is 2.22. The molecule has 3 heteroatoms. The third kappa shape index (κ3) is 3.77. The van der Waals surface area contributed by atoms with Crippen LogP contribution in [0.4, 0.5) is 0 Å². The molecule has 1 atom stereocenters. The summed E-state index contributed by atoms with van der Waals surface area (Å²) in [5, 5.41) is 0. The molecule has 2 N–H and O–H groups in total. The van der Waals surface area contributed by atoms with Gasteiger partial charge in [-0.05, 0) is 26.2 Å². The molecule has 0 saturated heterocycles. The minimum absolute atomic E-state index is 0.0515. The highest BCUT2D eigenvalue weighted by atomic mass is 16.5. The monoisotopic (exact) mass is 184 g/mol. The molecule has 0 aliphatic heterocycles. The maximum atomic E-state index is 5.86. The van der Waals surface area contributed by atoms with Crippen molar-refractivity contribution in [2.45, 2.75) is 51.7 Å². The van der Waals surface area contributed by atoms with Gasteiger partial charge in [0.05, 0.1) is 6.04 Å². The van der Waals surface area contributed by atoms with E-state index in [1.807, 2.05) is 6.92 Å². The van der Waals surface area contributed by atoms with Crippen molar-refractivity contribution in [3.05, 3.63) is 0 Å². The van der Waals surface area contributed by atoms with Crippen LogP contribution in [0.5, 0.6) is 0 Å². The van der Waals surface area contributed by atoms with E-state index in [1.165, 1.54) is 12.8 Å². The molecular formula is C10H20N2O. The SMILES string of the molecule is CCCC(OCC)C(N)=NC1CC1. The van der Waals surface area contributed by atoms with Crippen LogP contribution < -0.4 is 5.73 Å². The molecular weight excluding hydrogens is 164 g/mol. The number of ether oxygens (including phenoxy) is 1. The number of amidine groups is 1. The maximum Gasteiger partial charge on any atom is 0.123 e. The Morgan fingerprint density at radius 3 is 2.69 bits per heavy atom. The van der Waals surface area contributed by atoms with E-state index in [1.54, 1.807) is 0 Å². The van der Waals surface area contributed by atoms with E-state index in [2.05, 4.69) is 11.9 Å². The van der Waals surface area contributed by atoms with Crippen molar-refractivity contribution < 1.29 is 4.74 Å². The number of nitrogens with zero attached hydrogens (tertiary/aromatic N) is 1. The van der Waals surface area contributed by atoms with Gasteiger partial charge in [-0.1, -0.05) is 13.3 Å². The molecule has 1 unspecified atom stereocenters. The molecule has 0 aromatic heterocycles. The first kappa shape index (κ1) is 10.5. The van der Waals surface area contributed by atoms with Crippen LogP contribution in [-0.4, -0.2) is 24.6 Å². The molecule has 0 heterocycles. The van der Waals surface area contributed by atoms with E-state index in [-0.39, 0.29) is 6.10 Å². The van der Waals surface area contributed by atoms with Crippen molar-refractivity contribution in [3.63, 3.8) is 0 Å². The van der Waals surface area contributed by atoms with Gasteiger partial charge in [0.2, 0.25) is 0 Å². The van der Waals surface area contributed by atoms with Crippen LogP contribution in [0.3, 0.4) is 0 Å². The lowest BCUT2D eigenvalue weighted by atomic mass is 10.2. The minimum Gasteiger partial charge on any atom is -0.385 e. The number of hydrogen-bond acceptors (Lipinski definition) is 2. The van der Waals surface area contributed by atoms with Gasteiger partial charge in [-0.2, -0.15) is 0 Å². The van der Waals surface area contributed by atoms with E-state index in [9.17, 15) is 0 Å². The van der Waals surface area contributed by atoms with Gasteiger partial charge < -0.3 is 10.5 Å². The van der Waals surface area contributed by atoms with Crippen molar-refractivity contribution in [3.8, 4) is 0 Å². The summed E-state index contributed by atoms with van der Waals surface area (Å²) in [6.45, 7) is 4.84. The molecule has 1 saturated carbocycles. The fourth-order valence-corrected chi connectivity index (χ4v) is 1.28. The third-order valence-corrected chi connectivity index (χ3v) is 2.13. The zero-order valence-electron chi connectivity index (χ0n) is 8.62. The standard InChI is InChI=1S/C10H20N2O/c1-3-5-9(13-4-2)10(11)12-8-6-7-8/h8-9H,3-7H2,1-2H3,(H2,11,12). The van der Waals surface area contributed by atoms with Gasteiger partial charge in [-0.3, -0.25) is 4.99 Å². The molecule has 1 aliphatic carbocycles. The first-order valence-corrected chi connectivity index (χ1v) is 5.22. The molecule has 0 radical (unpaired) electrons. The molecule has 1 rings (SSSR count). The van der Waals surface area contributed by atoms with Crippen LogP contribution in [0.2, 0.25) is 0 Å². The van der Waals surface area contributed by atoms with Crippen molar-refractivity contribution in [2.24, 2.45) is 10.7 Å². The largest absolute Gasteiger partial charge is 0.385 e. The van der Waals surface area contributed by atoms with Crippen LogP contribution in [0, 0.1) is 0 Å². The lowest BCUT2D eigenvalue weighted by Crippen LogP contribution is -2.32. The Morgan fingerprint density at radius 2 is 2.23 bits per heavy atom. The molecule has 0 spiro atoms. The first-order chi connectivity index (χ1) is 6.27. The van der Waals surface area contributed by atoms with E-state index >= 15 is 0 Å². The number of aliphatic imine (C=N–C) groups is 1. The highest BCUT2D eigenvalue weighted by molar-refractivity contribution is 5.85. The summed E-state index contributed by atoms with van der Waals surface area (Å²) in [4.78, 5) is 4.40. The second-order valence-corrected chi connectivity index (χ2v) is 3.52. The summed E-state index contributed by atoms with van der Waals surface area (Å²) in [7, 11) is 0. The first-order valence-electron chi connectivity index (χ1n) is 5.22. The predicted octanol–water partition coefficient (Wildman–Crippen LogP) is 1.71. The summed E-state index contributed by atoms with van der Waals surface area (Å²) in [6.07, 6.45) is 4.52. The smallest absolute Gasteiger partial charge is 0.123 e. The second kappa shape index (κ2) is 5.22. The summed E-state index contributed by atoms with van der Waals surface area (Å²) < 4.78 is 5.52. The lowest BCUT2D eigenvalue weighted by molar-refractivity contribution is 0.102. The molecule has 13 heavy (non-hydrogen) atoms. The van der Waals surface area contributed by atoms with Crippen LogP contribution in [0.1, 0.15) is 39.5 Å². The summed E-state index contributed by atoms with van der Waals surface area (Å²) in [6, 6.07) is 0.500. The Morgan fingerprint density at radius 1 is 1.54 bits per heavy atom. The average Bonchev–Trinajstić information content (AvgIpc) is 2.88. The van der Waals surface area contributed by atoms with Gasteiger partial charge >= 0.3 is 0 Å². The van der Waals surface area contributed by atoms with Gasteiger partial charge in [-0.15, -0.1) is 0 Å². The van der Waals surface area contributed by atoms with E-state index in [0.717, 1.165) is 12.8 Å². The van der Waals surface area contributed by atoms with Crippen molar-refractivity contribution in [1.82, 2.24) is 0 Å². The lowest BCUT2D eigenvalue weighted by Gasteiger charge is -2.15. The van der Waals surface area contributed by atoms with Crippen molar-refractivity contribution >= 4 is 5.84 Å². The molecule has 0 aromatic carbocycles. The number of hydrogen-bond donors (Lipinski definition) is 1. The quantitative estimate of drug-likeness (QED) is 0.504. The van der Waals surface area contributed by atoms with Gasteiger partial charge in [-0.25, -0.2) is 0 Å². The Balaban J connectivity index is 2.40. The Bertz CT molecular complexity index is 170. The molecule has 1 fully saturated rings. The summed E-state index contributed by atoms with van der Waals surface area (Å²) in [5.41, 5.74) is 5.86. The Labute approximate surface area is 80.4 Å². The van der Waals surface area contributed by atoms with E-state index in [4.69, 9.17) is 10.5 Å². The normalized spacial score (nSPS) is 20.3. The van der Waals surface area contributed by atoms with Gasteiger partial charge in [0.25, 0.3) is 0 Å². The van der Waals surface area contributed by atoms with Gasteiger partial charge in [0, 0.05) is 6.61 Å². The molecule has 3 nitrogen and oxygen atoms in total. The van der Waals surface area contributed by atoms with Crippen LogP contribution in [-0.2, 0) is 4.74 Å². The molecule has 1 aliphatic rings. The summed E-state index contributed by atoms with van der Waals surface area (Å²) in [5.74, 6) is 0.700. The maximum absolute atomic E-state index is 5.86. The van der Waals surface area contributed by atoms with Gasteiger partial charge in [0.15, 0.2) is 0 Å². The number of rotatable bonds is 6. The minimum atomic E-state index is 0.0515. The highest BCUT2D eigenvalue weighted by Crippen LogP contribution is 2.23. The van der Waals surface area contributed by atoms with Crippen molar-refractivity contribution in [1.29, 1.82) is 0 Å². The number of nitrogens with two attached hydrogens (primary N) is 1. The van der Waals surface area contributed by atoms with E-state index < -0.39 is 0 Å². The fraction of sp³-hybridized carbons (Fsp3) is 0.900. The third-order valence-electron chi connectivity index (χ3n) is 2.13. The average molecular weight is 184 g/mol. The Kier molecular flexibility index (Phi) is 4.22. The van der Waals surface area contributed by atoms with Crippen LogP contribution in [0.25, 0.3) is 0 Å². The van der Waals surface area contributed by atoms with Gasteiger partial charge in [0.1, 0.15) is 11.9 Å². The Hall–Kier alpha value is -0.570. The van der Waals surface area contributed by atoms with Crippen molar-refractivity contribution in [2.75, 3.05) is 6.61 Å². The fourth-order valence-electron chi connectivity index (χ4n) is 1.28. The molecule has 0 aromatic rings. The molecule has 0 amide bonds. The van der Waals surface area contributed by atoms with Crippen LogP contribution >= 0.6 is 0 Å². The van der Waals surface area contributed by atoms with Crippen LogP contribution in [0.15, 0.2) is 4.99 Å². The molecule has 76 valence electrons.